The smallest absolute Gasteiger partial charge is 0.399 e. The van der Waals surface area contributed by atoms with Crippen LogP contribution in [0.2, 0.25) is 0 Å². The largest absolute Gasteiger partial charge is 0.495 e. The quantitative estimate of drug-likeness (QED) is 0.646. The van der Waals surface area contributed by atoms with E-state index in [0.29, 0.717) is 0 Å². The summed E-state index contributed by atoms with van der Waals surface area (Å²) >= 11 is 0. The number of hydrogen-bond donors (Lipinski definition) is 1. The molecular weight excluding hydrogens is 262 g/mol. The van der Waals surface area contributed by atoms with E-state index < -0.39 is 37.2 Å². The Balaban J connectivity index is 2.30. The van der Waals surface area contributed by atoms with Crippen LogP contribution in [0.25, 0.3) is 0 Å². The van der Waals surface area contributed by atoms with Gasteiger partial charge in [0.25, 0.3) is 5.91 Å². The first-order valence-corrected chi connectivity index (χ1v) is 6.16. The van der Waals surface area contributed by atoms with Crippen LogP contribution in [0.3, 0.4) is 0 Å². The molecule has 1 aliphatic heterocycles. The Morgan fingerprint density at radius 1 is 1.35 bits per heavy atom. The maximum Gasteiger partial charge on any atom is 0.495 e. The molecule has 0 spiro atoms. The van der Waals surface area contributed by atoms with Crippen molar-refractivity contribution >= 4 is 18.5 Å². The van der Waals surface area contributed by atoms with Crippen molar-refractivity contribution in [2.75, 3.05) is 6.98 Å². The minimum absolute atomic E-state index is 0.256. The van der Waals surface area contributed by atoms with Crippen molar-refractivity contribution in [1.82, 2.24) is 10.3 Å². The van der Waals surface area contributed by atoms with E-state index in [1.807, 2.05) is 27.7 Å². The fraction of sp³-hybridized carbons (Fsp3) is 0.538. The van der Waals surface area contributed by atoms with Crippen LogP contribution >= 0.6 is 0 Å². The number of rotatable bonds is 2. The zero-order valence-electron chi connectivity index (χ0n) is 14.8. The summed E-state index contributed by atoms with van der Waals surface area (Å²) in [5.41, 5.74) is -1.35. The number of nitrogens with zero attached hydrogens (tertiary/aromatic N) is 1. The molecule has 1 aliphatic rings. The van der Waals surface area contributed by atoms with Gasteiger partial charge in [-0.2, -0.15) is 4.39 Å². The lowest BCUT2D eigenvalue weighted by Gasteiger charge is -2.32. The van der Waals surface area contributed by atoms with Gasteiger partial charge >= 0.3 is 7.12 Å². The second-order valence-electron chi connectivity index (χ2n) is 5.65. The van der Waals surface area contributed by atoms with Gasteiger partial charge in [-0.15, -0.1) is 0 Å². The van der Waals surface area contributed by atoms with Crippen molar-refractivity contribution < 1.29 is 22.6 Å². The molecule has 0 atom stereocenters. The lowest BCUT2D eigenvalue weighted by Crippen LogP contribution is -2.41. The van der Waals surface area contributed by atoms with Gasteiger partial charge in [-0.1, -0.05) is 0 Å². The maximum absolute atomic E-state index is 13.7. The van der Waals surface area contributed by atoms with E-state index >= 15 is 0 Å². The third-order valence-electron chi connectivity index (χ3n) is 3.69. The number of carbonyl (C=O) groups excluding carboxylic acids is 1. The van der Waals surface area contributed by atoms with Gasteiger partial charge < -0.3 is 14.6 Å². The Kier molecular flexibility index (Phi) is 2.71. The predicted octanol–water partition coefficient (Wildman–Crippen LogP) is 0.879. The van der Waals surface area contributed by atoms with Crippen molar-refractivity contribution in [3.63, 3.8) is 0 Å². The molecular formula is C13H18BFN2O3. The second-order valence-corrected chi connectivity index (χ2v) is 5.65. The summed E-state index contributed by atoms with van der Waals surface area (Å²) in [4.78, 5) is 15.3. The van der Waals surface area contributed by atoms with Crippen molar-refractivity contribution in [1.29, 1.82) is 0 Å². The van der Waals surface area contributed by atoms with Crippen LogP contribution in [0.4, 0.5) is 4.39 Å². The number of amides is 1. The zero-order valence-corrected chi connectivity index (χ0v) is 11.8. The van der Waals surface area contributed by atoms with Gasteiger partial charge in [-0.3, -0.25) is 4.79 Å². The molecule has 0 radical (unpaired) electrons. The maximum atomic E-state index is 13.7. The molecule has 1 aromatic heterocycles. The highest BCUT2D eigenvalue weighted by molar-refractivity contribution is 6.62. The molecule has 0 bridgehead atoms. The van der Waals surface area contributed by atoms with E-state index in [1.54, 1.807) is 5.32 Å². The van der Waals surface area contributed by atoms with Crippen LogP contribution in [-0.2, 0) is 9.31 Å². The highest BCUT2D eigenvalue weighted by Gasteiger charge is 2.51. The second kappa shape index (κ2) is 4.82. The SMILES string of the molecule is [2H]C([2H])([2H])NC(=O)c1cc(B2OC(C)(C)C(C)(C)O2)cc(F)n1. The summed E-state index contributed by atoms with van der Waals surface area (Å²) < 4.78 is 46.3. The van der Waals surface area contributed by atoms with Gasteiger partial charge in [0.05, 0.1) is 11.2 Å². The predicted molar refractivity (Wildman–Crippen MR) is 73.3 cm³/mol. The van der Waals surface area contributed by atoms with Gasteiger partial charge in [0.15, 0.2) is 0 Å². The summed E-state index contributed by atoms with van der Waals surface area (Å²) in [5, 5.41) is 1.76. The number of nitrogens with one attached hydrogen (secondary N) is 1. The number of aromatic nitrogens is 1. The normalized spacial score (nSPS) is 22.9. The molecule has 2 heterocycles. The molecule has 20 heavy (non-hydrogen) atoms. The van der Waals surface area contributed by atoms with Crippen LogP contribution < -0.4 is 10.8 Å². The average Bonchev–Trinajstić information content (AvgIpc) is 2.55. The summed E-state index contributed by atoms with van der Waals surface area (Å²) in [5.74, 6) is -1.92. The highest BCUT2D eigenvalue weighted by Crippen LogP contribution is 2.36. The Morgan fingerprint density at radius 3 is 2.50 bits per heavy atom. The molecule has 1 fully saturated rings. The minimum Gasteiger partial charge on any atom is -0.399 e. The third-order valence-corrected chi connectivity index (χ3v) is 3.69. The molecule has 0 aromatic carbocycles. The summed E-state index contributed by atoms with van der Waals surface area (Å²) in [6, 6.07) is 2.35. The number of pyridine rings is 1. The number of carbonyl (C=O) groups is 1. The first-order chi connectivity index (χ1) is 10.3. The van der Waals surface area contributed by atoms with E-state index in [2.05, 4.69) is 4.98 Å². The summed E-state index contributed by atoms with van der Waals surface area (Å²) in [6.07, 6.45) is 0. The standard InChI is InChI=1S/C13H18BFN2O3/c1-12(2)13(3,4)20-14(19-12)8-6-9(11(18)16-5)17-10(15)7-8/h6-7H,1-5H3,(H,16,18)/i5D3. The Labute approximate surface area is 122 Å². The first-order valence-electron chi connectivity index (χ1n) is 7.66. The average molecular weight is 283 g/mol. The molecule has 1 N–H and O–H groups in total. The van der Waals surface area contributed by atoms with E-state index in [1.165, 1.54) is 6.07 Å². The van der Waals surface area contributed by atoms with Crippen molar-refractivity contribution in [2.45, 2.75) is 38.9 Å². The van der Waals surface area contributed by atoms with Crippen molar-refractivity contribution in [3.8, 4) is 0 Å². The number of hydrogen-bond acceptors (Lipinski definition) is 4. The van der Waals surface area contributed by atoms with E-state index in [4.69, 9.17) is 13.4 Å². The zero-order chi connectivity index (χ0) is 17.6. The van der Waals surface area contributed by atoms with Gasteiger partial charge in [-0.05, 0) is 45.3 Å². The van der Waals surface area contributed by atoms with E-state index in [0.717, 1.165) is 6.07 Å². The van der Waals surface area contributed by atoms with Crippen molar-refractivity contribution in [2.24, 2.45) is 0 Å². The van der Waals surface area contributed by atoms with Crippen LogP contribution in [0.15, 0.2) is 12.1 Å². The lowest BCUT2D eigenvalue weighted by atomic mass is 9.79. The molecule has 0 unspecified atom stereocenters. The fourth-order valence-electron chi connectivity index (χ4n) is 1.81. The lowest BCUT2D eigenvalue weighted by molar-refractivity contribution is 0.00578. The van der Waals surface area contributed by atoms with E-state index in [9.17, 15) is 9.18 Å². The summed E-state index contributed by atoms with van der Waals surface area (Å²) in [7, 11) is -0.878. The molecule has 108 valence electrons. The molecule has 1 saturated heterocycles. The Hall–Kier alpha value is -1.47. The van der Waals surface area contributed by atoms with Gasteiger partial charge in [0, 0.05) is 11.1 Å². The van der Waals surface area contributed by atoms with Gasteiger partial charge in [0.1, 0.15) is 5.69 Å². The van der Waals surface area contributed by atoms with Crippen LogP contribution in [0.1, 0.15) is 42.3 Å². The Bertz CT molecular complexity index is 621. The topological polar surface area (TPSA) is 60.5 Å². The van der Waals surface area contributed by atoms with E-state index in [-0.39, 0.29) is 11.2 Å². The molecule has 5 nitrogen and oxygen atoms in total. The molecule has 2 rings (SSSR count). The Morgan fingerprint density at radius 2 is 1.95 bits per heavy atom. The minimum atomic E-state index is -2.68. The van der Waals surface area contributed by atoms with Gasteiger partial charge in [0.2, 0.25) is 5.95 Å². The van der Waals surface area contributed by atoms with Gasteiger partial charge in [-0.25, -0.2) is 4.98 Å². The molecule has 1 amide bonds. The van der Waals surface area contributed by atoms with Crippen LogP contribution in [-0.4, -0.2) is 36.2 Å². The molecule has 1 aromatic rings. The molecule has 7 heteroatoms. The first kappa shape index (κ1) is 11.2. The van der Waals surface area contributed by atoms with Crippen LogP contribution in [0, 0.1) is 5.95 Å². The number of halogens is 1. The third kappa shape index (κ3) is 2.55. The fourth-order valence-corrected chi connectivity index (χ4v) is 1.81. The monoisotopic (exact) mass is 283 g/mol. The molecule has 0 aliphatic carbocycles. The van der Waals surface area contributed by atoms with Crippen LogP contribution in [0.5, 0.6) is 0 Å². The highest BCUT2D eigenvalue weighted by atomic mass is 19.1. The van der Waals surface area contributed by atoms with Crippen molar-refractivity contribution in [3.05, 3.63) is 23.8 Å². The summed E-state index contributed by atoms with van der Waals surface area (Å²) in [6.45, 7) is 4.68. The molecule has 0 saturated carbocycles.